The topological polar surface area (TPSA) is 68.2 Å². The average Bonchev–Trinajstić information content (AvgIpc) is 2.89. The molecule has 1 unspecified atom stereocenters. The van der Waals surface area contributed by atoms with Crippen molar-refractivity contribution in [2.45, 2.75) is 19.5 Å². The van der Waals surface area contributed by atoms with Crippen molar-refractivity contribution in [1.29, 1.82) is 0 Å². The molecule has 0 aliphatic heterocycles. The van der Waals surface area contributed by atoms with Crippen molar-refractivity contribution in [2.75, 3.05) is 7.11 Å². The predicted molar refractivity (Wildman–Crippen MR) is 79.9 cm³/mol. The number of aromatic nitrogens is 2. The van der Waals surface area contributed by atoms with Crippen molar-refractivity contribution in [3.8, 4) is 5.75 Å². The van der Waals surface area contributed by atoms with Crippen molar-refractivity contribution >= 4 is 6.03 Å². The number of nitrogens with zero attached hydrogens (tertiary/aromatic N) is 2. The Bertz CT molecular complexity index is 657. The van der Waals surface area contributed by atoms with Crippen LogP contribution in [0.4, 0.5) is 9.18 Å². The summed E-state index contributed by atoms with van der Waals surface area (Å²) in [5, 5.41) is 5.37. The molecule has 0 fully saturated rings. The molecular formula is C15H19FN4O2. The lowest BCUT2D eigenvalue weighted by atomic mass is 10.1. The number of hydrogen-bond donors (Lipinski definition) is 2. The fraction of sp³-hybridized carbons (Fsp3) is 0.333. The number of aryl methyl sites for hydroxylation is 1. The number of carbonyl (C=O) groups is 1. The standard InChI is InChI=1S/C15H19FN4O2/c1-10(14-11(16)5-4-6-12(14)22-3)19-15(21)18-9-13-17-7-8-20(13)2/h4-8,10H,9H2,1-3H3,(H2,18,19,21). The van der Waals surface area contributed by atoms with Crippen LogP contribution in [0, 0.1) is 5.82 Å². The van der Waals surface area contributed by atoms with E-state index in [0.717, 1.165) is 5.82 Å². The predicted octanol–water partition coefficient (Wildman–Crippen LogP) is 2.13. The highest BCUT2D eigenvalue weighted by atomic mass is 19.1. The van der Waals surface area contributed by atoms with Crippen LogP contribution in [0.3, 0.4) is 0 Å². The van der Waals surface area contributed by atoms with E-state index in [1.54, 1.807) is 31.5 Å². The van der Waals surface area contributed by atoms with Crippen LogP contribution in [-0.4, -0.2) is 22.7 Å². The lowest BCUT2D eigenvalue weighted by molar-refractivity contribution is 0.236. The van der Waals surface area contributed by atoms with Crippen LogP contribution < -0.4 is 15.4 Å². The van der Waals surface area contributed by atoms with Crippen molar-refractivity contribution in [3.63, 3.8) is 0 Å². The summed E-state index contributed by atoms with van der Waals surface area (Å²) < 4.78 is 20.9. The van der Waals surface area contributed by atoms with Crippen molar-refractivity contribution in [2.24, 2.45) is 7.05 Å². The van der Waals surface area contributed by atoms with E-state index in [0.29, 0.717) is 11.3 Å². The van der Waals surface area contributed by atoms with Gasteiger partial charge in [-0.25, -0.2) is 14.2 Å². The van der Waals surface area contributed by atoms with E-state index >= 15 is 0 Å². The van der Waals surface area contributed by atoms with E-state index < -0.39 is 17.9 Å². The second-order valence-corrected chi connectivity index (χ2v) is 4.86. The number of urea groups is 1. The molecule has 0 spiro atoms. The number of nitrogens with one attached hydrogen (secondary N) is 2. The highest BCUT2D eigenvalue weighted by molar-refractivity contribution is 5.74. The number of hydrogen-bond acceptors (Lipinski definition) is 3. The van der Waals surface area contributed by atoms with Crippen molar-refractivity contribution in [1.82, 2.24) is 20.2 Å². The molecule has 0 aliphatic carbocycles. The first kappa shape index (κ1) is 15.8. The second-order valence-electron chi connectivity index (χ2n) is 4.86. The second kappa shape index (κ2) is 6.93. The summed E-state index contributed by atoms with van der Waals surface area (Å²) in [4.78, 5) is 16.0. The lowest BCUT2D eigenvalue weighted by Crippen LogP contribution is -2.37. The molecule has 0 saturated carbocycles. The number of rotatable bonds is 5. The molecule has 2 aromatic rings. The Morgan fingerprint density at radius 3 is 2.91 bits per heavy atom. The summed E-state index contributed by atoms with van der Waals surface area (Å²) in [6.45, 7) is 1.98. The largest absolute Gasteiger partial charge is 0.496 e. The first-order valence-electron chi connectivity index (χ1n) is 6.86. The van der Waals surface area contributed by atoms with Gasteiger partial charge in [-0.05, 0) is 19.1 Å². The van der Waals surface area contributed by atoms with E-state index in [9.17, 15) is 9.18 Å². The fourth-order valence-corrected chi connectivity index (χ4v) is 2.16. The molecule has 0 bridgehead atoms. The van der Waals surface area contributed by atoms with Crippen LogP contribution in [0.5, 0.6) is 5.75 Å². The molecule has 22 heavy (non-hydrogen) atoms. The zero-order chi connectivity index (χ0) is 16.1. The van der Waals surface area contributed by atoms with Crippen LogP contribution in [0.1, 0.15) is 24.4 Å². The molecule has 0 aliphatic rings. The van der Waals surface area contributed by atoms with Gasteiger partial charge in [0.05, 0.1) is 25.3 Å². The Hall–Kier alpha value is -2.57. The third-order valence-corrected chi connectivity index (χ3v) is 3.34. The molecule has 0 radical (unpaired) electrons. The quantitative estimate of drug-likeness (QED) is 0.889. The van der Waals surface area contributed by atoms with Gasteiger partial charge in [0.2, 0.25) is 0 Å². The molecule has 0 saturated heterocycles. The van der Waals surface area contributed by atoms with Crippen LogP contribution >= 0.6 is 0 Å². The van der Waals surface area contributed by atoms with Gasteiger partial charge in [0.1, 0.15) is 17.4 Å². The molecular weight excluding hydrogens is 287 g/mol. The van der Waals surface area contributed by atoms with Crippen molar-refractivity contribution < 1.29 is 13.9 Å². The van der Waals surface area contributed by atoms with E-state index in [-0.39, 0.29) is 6.54 Å². The minimum atomic E-state index is -0.530. The third-order valence-electron chi connectivity index (χ3n) is 3.34. The number of imidazole rings is 1. The highest BCUT2D eigenvalue weighted by Gasteiger charge is 2.18. The van der Waals surface area contributed by atoms with Crippen LogP contribution in [0.2, 0.25) is 0 Å². The monoisotopic (exact) mass is 306 g/mol. The number of methoxy groups -OCH3 is 1. The third kappa shape index (κ3) is 3.55. The first-order valence-corrected chi connectivity index (χ1v) is 6.86. The maximum Gasteiger partial charge on any atom is 0.315 e. The number of benzene rings is 1. The molecule has 1 heterocycles. The molecule has 2 rings (SSSR count). The maximum absolute atomic E-state index is 13.9. The van der Waals surface area contributed by atoms with E-state index in [1.807, 2.05) is 11.6 Å². The van der Waals surface area contributed by atoms with Crippen LogP contribution in [0.25, 0.3) is 0 Å². The molecule has 1 aromatic heterocycles. The SMILES string of the molecule is COc1cccc(F)c1C(C)NC(=O)NCc1nccn1C. The Morgan fingerprint density at radius 1 is 1.50 bits per heavy atom. The highest BCUT2D eigenvalue weighted by Crippen LogP contribution is 2.27. The summed E-state index contributed by atoms with van der Waals surface area (Å²) in [6, 6.07) is 3.62. The lowest BCUT2D eigenvalue weighted by Gasteiger charge is -2.18. The molecule has 6 nitrogen and oxygen atoms in total. The van der Waals surface area contributed by atoms with Gasteiger partial charge in [0, 0.05) is 19.4 Å². The summed E-state index contributed by atoms with van der Waals surface area (Å²) in [5.41, 5.74) is 0.317. The fourth-order valence-electron chi connectivity index (χ4n) is 2.16. The Morgan fingerprint density at radius 2 is 2.27 bits per heavy atom. The summed E-state index contributed by atoms with van der Waals surface area (Å²) in [7, 11) is 3.31. The van der Waals surface area contributed by atoms with Gasteiger partial charge in [-0.1, -0.05) is 6.07 Å². The number of amides is 2. The van der Waals surface area contributed by atoms with E-state index in [1.165, 1.54) is 13.2 Å². The van der Waals surface area contributed by atoms with Gasteiger partial charge < -0.3 is 19.9 Å². The van der Waals surface area contributed by atoms with Gasteiger partial charge in [-0.2, -0.15) is 0 Å². The van der Waals surface area contributed by atoms with Gasteiger partial charge in [0.25, 0.3) is 0 Å². The van der Waals surface area contributed by atoms with Crippen LogP contribution in [-0.2, 0) is 13.6 Å². The van der Waals surface area contributed by atoms with Gasteiger partial charge in [-0.15, -0.1) is 0 Å². The summed E-state index contributed by atoms with van der Waals surface area (Å²) in [6.07, 6.45) is 3.45. The van der Waals surface area contributed by atoms with Crippen LogP contribution in [0.15, 0.2) is 30.6 Å². The summed E-state index contributed by atoms with van der Waals surface area (Å²) >= 11 is 0. The van der Waals surface area contributed by atoms with E-state index in [2.05, 4.69) is 15.6 Å². The molecule has 7 heteroatoms. The number of ether oxygens (including phenoxy) is 1. The number of carbonyl (C=O) groups excluding carboxylic acids is 1. The molecule has 118 valence electrons. The Kier molecular flexibility index (Phi) is 4.98. The molecule has 1 atom stereocenters. The summed E-state index contributed by atoms with van der Waals surface area (Å²) in [5.74, 6) is 0.708. The smallest absolute Gasteiger partial charge is 0.315 e. The molecule has 1 aromatic carbocycles. The Balaban J connectivity index is 1.98. The van der Waals surface area contributed by atoms with Gasteiger partial charge >= 0.3 is 6.03 Å². The first-order chi connectivity index (χ1) is 10.5. The maximum atomic E-state index is 13.9. The number of halogens is 1. The molecule has 2 amide bonds. The zero-order valence-electron chi connectivity index (χ0n) is 12.8. The minimum absolute atomic E-state index is 0.288. The Labute approximate surface area is 128 Å². The minimum Gasteiger partial charge on any atom is -0.496 e. The van der Waals surface area contributed by atoms with E-state index in [4.69, 9.17) is 4.74 Å². The van der Waals surface area contributed by atoms with Crippen molar-refractivity contribution in [3.05, 3.63) is 47.8 Å². The normalized spacial score (nSPS) is 11.8. The molecule has 2 N–H and O–H groups in total. The average molecular weight is 306 g/mol. The zero-order valence-corrected chi connectivity index (χ0v) is 12.8. The van der Waals surface area contributed by atoms with Gasteiger partial charge in [0.15, 0.2) is 0 Å². The van der Waals surface area contributed by atoms with Gasteiger partial charge in [-0.3, -0.25) is 0 Å².